The molecule has 3 aliphatic rings. The van der Waals surface area contributed by atoms with Crippen molar-refractivity contribution in [1.82, 2.24) is 10.6 Å². The van der Waals surface area contributed by atoms with Crippen molar-refractivity contribution >= 4 is 29.3 Å². The summed E-state index contributed by atoms with van der Waals surface area (Å²) in [7, 11) is 0. The number of hydrogen-bond donors (Lipinski definition) is 6. The largest absolute Gasteiger partial charge is 0.388 e. The van der Waals surface area contributed by atoms with E-state index in [4.69, 9.17) is 26.2 Å². The second-order valence-electron chi connectivity index (χ2n) is 9.13. The lowest BCUT2D eigenvalue weighted by Gasteiger charge is -2.44. The van der Waals surface area contributed by atoms with E-state index in [9.17, 15) is 28.9 Å². The van der Waals surface area contributed by atoms with Crippen molar-refractivity contribution in [1.29, 1.82) is 0 Å². The van der Waals surface area contributed by atoms with Gasteiger partial charge >= 0.3 is 6.11 Å². The number of rotatable bonds is 7. The third-order valence-corrected chi connectivity index (χ3v) is 7.80. The molecule has 0 bridgehead atoms. The molecule has 0 radical (unpaired) electrons. The molecule has 0 saturated carbocycles. The minimum atomic E-state index is -3.75. The Morgan fingerprint density at radius 1 is 1.30 bits per heavy atom. The van der Waals surface area contributed by atoms with Crippen LogP contribution in [0, 0.1) is 11.8 Å². The Morgan fingerprint density at radius 3 is 2.61 bits per heavy atom. The maximum Gasteiger partial charge on any atom is 0.353 e. The highest BCUT2D eigenvalue weighted by Gasteiger charge is 2.50. The Labute approximate surface area is 200 Å². The van der Waals surface area contributed by atoms with Gasteiger partial charge in [0.1, 0.15) is 35.9 Å². The van der Waals surface area contributed by atoms with Gasteiger partial charge in [-0.1, -0.05) is 0 Å². The van der Waals surface area contributed by atoms with Crippen LogP contribution in [0.3, 0.4) is 0 Å². The Hall–Kier alpha value is -0.310. The molecule has 3 aliphatic heterocycles. The summed E-state index contributed by atoms with van der Waals surface area (Å²) in [6.45, 7) is 2.19. The van der Waals surface area contributed by atoms with Gasteiger partial charge in [0, 0.05) is 19.6 Å². The van der Waals surface area contributed by atoms with Crippen LogP contribution in [0.1, 0.15) is 26.2 Å². The second kappa shape index (κ2) is 11.2. The van der Waals surface area contributed by atoms with Crippen LogP contribution in [0.25, 0.3) is 0 Å². The molecule has 3 unspecified atom stereocenters. The summed E-state index contributed by atoms with van der Waals surface area (Å²) in [5.41, 5.74) is -0.816. The van der Waals surface area contributed by atoms with Crippen LogP contribution in [-0.2, 0) is 14.3 Å². The molecule has 1 amide bonds. The van der Waals surface area contributed by atoms with Gasteiger partial charge in [-0.05, 0) is 37.9 Å². The van der Waals surface area contributed by atoms with Crippen LogP contribution in [-0.4, -0.2) is 105 Å². The van der Waals surface area contributed by atoms with Gasteiger partial charge in [-0.25, -0.2) is 0 Å². The van der Waals surface area contributed by atoms with Gasteiger partial charge in [0.25, 0.3) is 0 Å². The van der Waals surface area contributed by atoms with Gasteiger partial charge < -0.3 is 40.5 Å². The van der Waals surface area contributed by atoms with Crippen LogP contribution in [0.4, 0.5) is 8.78 Å². The molecule has 0 aromatic carbocycles. The van der Waals surface area contributed by atoms with Crippen LogP contribution in [0.2, 0.25) is 0 Å². The lowest BCUT2D eigenvalue weighted by atomic mass is 9.87. The predicted molar refractivity (Wildman–Crippen MR) is 117 cm³/mol. The number of alkyl halides is 3. The van der Waals surface area contributed by atoms with E-state index in [1.165, 1.54) is 0 Å². The number of carbonyl (C=O) groups excluding carboxylic acids is 1. The molecule has 3 rings (SSSR count). The number of ether oxygens (including phenoxy) is 2. The lowest BCUT2D eigenvalue weighted by molar-refractivity contribution is -0.211. The quantitative estimate of drug-likeness (QED) is 0.249. The summed E-state index contributed by atoms with van der Waals surface area (Å²) >= 11 is 7.46. The third kappa shape index (κ3) is 6.47. The van der Waals surface area contributed by atoms with Crippen molar-refractivity contribution in [2.24, 2.45) is 11.8 Å². The van der Waals surface area contributed by atoms with Gasteiger partial charge in [0.15, 0.2) is 0 Å². The summed E-state index contributed by atoms with van der Waals surface area (Å²) in [6, 6.07) is -1.66. The average Bonchev–Trinajstić information content (AvgIpc) is 3.01. The fraction of sp³-hybridized carbons (Fsp3) is 0.950. The lowest BCUT2D eigenvalue weighted by Crippen LogP contribution is -2.65. The normalized spacial score (nSPS) is 41.7. The molecule has 13 heteroatoms. The number of nitrogens with one attached hydrogen (secondary N) is 2. The first kappa shape index (κ1) is 27.3. The molecule has 3 fully saturated rings. The van der Waals surface area contributed by atoms with Gasteiger partial charge in [-0.3, -0.25) is 4.79 Å². The van der Waals surface area contributed by atoms with Crippen molar-refractivity contribution in [3.63, 3.8) is 0 Å². The van der Waals surface area contributed by atoms with Crippen LogP contribution in [0.15, 0.2) is 0 Å². The number of amides is 1. The fourth-order valence-corrected chi connectivity index (χ4v) is 5.89. The standard InChI is InChI=1S/C20H33ClF2N2O7S/c1-8(21)11(17-14(27)13(26)15(28)19(32-17)33-2)25-18(29)12-16-10(7-24-12)5-9(3-4-31-16)6-20(22,23)30/h8-17,19,24,26-28,30H,3-7H2,1-2H3,(H,25,29)/t8-,9+,10-,11+,12-,13?,14?,15+,16+,17+,19?/m0/s1. The Kier molecular flexibility index (Phi) is 9.24. The van der Waals surface area contributed by atoms with Crippen molar-refractivity contribution in [2.75, 3.05) is 19.4 Å². The summed E-state index contributed by atoms with van der Waals surface area (Å²) in [5, 5.41) is 44.8. The maximum atomic E-state index is 13.2. The molecule has 0 spiro atoms. The minimum Gasteiger partial charge on any atom is -0.388 e. The van der Waals surface area contributed by atoms with Crippen molar-refractivity contribution < 1.29 is 43.5 Å². The van der Waals surface area contributed by atoms with Gasteiger partial charge in [0.05, 0.1) is 17.5 Å². The fourth-order valence-electron chi connectivity index (χ4n) is 5.00. The molecule has 6 N–H and O–H groups in total. The summed E-state index contributed by atoms with van der Waals surface area (Å²) in [4.78, 5) is 13.2. The number of hydrogen-bond acceptors (Lipinski definition) is 9. The number of carbonyl (C=O) groups is 1. The maximum absolute atomic E-state index is 13.2. The first-order valence-electron chi connectivity index (χ1n) is 11.0. The zero-order valence-electron chi connectivity index (χ0n) is 18.4. The van der Waals surface area contributed by atoms with E-state index >= 15 is 0 Å². The molecular weight excluding hydrogens is 486 g/mol. The van der Waals surface area contributed by atoms with Crippen molar-refractivity contribution in [3.05, 3.63) is 0 Å². The number of aliphatic hydroxyl groups is 4. The Morgan fingerprint density at radius 2 is 2.00 bits per heavy atom. The summed E-state index contributed by atoms with van der Waals surface area (Å²) in [5.74, 6) is -1.07. The number of thioether (sulfide) groups is 1. The van der Waals surface area contributed by atoms with Gasteiger partial charge in [-0.15, -0.1) is 23.4 Å². The van der Waals surface area contributed by atoms with E-state index < -0.39 is 77.8 Å². The number of fused-ring (bicyclic) bond motifs is 1. The molecule has 33 heavy (non-hydrogen) atoms. The van der Waals surface area contributed by atoms with E-state index in [0.717, 1.165) is 11.8 Å². The van der Waals surface area contributed by atoms with Crippen LogP contribution in [0.5, 0.6) is 0 Å². The van der Waals surface area contributed by atoms with E-state index in [1.807, 2.05) is 0 Å². The second-order valence-corrected chi connectivity index (χ2v) is 10.8. The molecule has 9 nitrogen and oxygen atoms in total. The van der Waals surface area contributed by atoms with E-state index in [-0.39, 0.29) is 12.5 Å². The monoisotopic (exact) mass is 518 g/mol. The highest BCUT2D eigenvalue weighted by Crippen LogP contribution is 2.35. The molecular formula is C20H33ClF2N2O7S. The summed E-state index contributed by atoms with van der Waals surface area (Å²) in [6.07, 6.45) is -7.84. The Balaban J connectivity index is 1.68. The summed E-state index contributed by atoms with van der Waals surface area (Å²) < 4.78 is 37.8. The van der Waals surface area contributed by atoms with Crippen molar-refractivity contribution in [3.8, 4) is 0 Å². The first-order chi connectivity index (χ1) is 15.4. The zero-order valence-corrected chi connectivity index (χ0v) is 20.0. The van der Waals surface area contributed by atoms with Crippen LogP contribution < -0.4 is 10.6 Å². The smallest absolute Gasteiger partial charge is 0.353 e. The van der Waals surface area contributed by atoms with Gasteiger partial charge in [-0.2, -0.15) is 8.78 Å². The third-order valence-electron chi connectivity index (χ3n) is 6.68. The topological polar surface area (TPSA) is 141 Å². The van der Waals surface area contributed by atoms with E-state index in [1.54, 1.807) is 13.2 Å². The van der Waals surface area contributed by atoms with Crippen molar-refractivity contribution in [2.45, 2.75) is 85.7 Å². The first-order valence-corrected chi connectivity index (χ1v) is 12.8. The number of halogens is 3. The highest BCUT2D eigenvalue weighted by molar-refractivity contribution is 7.99. The average molecular weight is 519 g/mol. The molecule has 11 atom stereocenters. The Bertz CT molecular complexity index is 675. The molecule has 0 aliphatic carbocycles. The highest BCUT2D eigenvalue weighted by atomic mass is 35.5. The minimum absolute atomic E-state index is 0.183. The zero-order chi connectivity index (χ0) is 24.5. The van der Waals surface area contributed by atoms with Crippen LogP contribution >= 0.6 is 23.4 Å². The molecule has 0 aromatic rings. The molecule has 3 saturated heterocycles. The van der Waals surface area contributed by atoms with Gasteiger partial charge in [0.2, 0.25) is 5.91 Å². The number of aliphatic hydroxyl groups excluding tert-OH is 3. The predicted octanol–water partition coefficient (Wildman–Crippen LogP) is -0.372. The molecule has 192 valence electrons. The SMILES string of the molecule is CSC1O[C@H]([C@H](NC(=O)[C@H]2NC[C@@H]3C[C@H](CC(O)(F)F)CCO[C@H]32)[C@H](C)Cl)C(O)C(O)[C@H]1O. The van der Waals surface area contributed by atoms with E-state index in [2.05, 4.69) is 10.6 Å². The molecule has 3 heterocycles. The molecule has 0 aromatic heterocycles. The van der Waals surface area contributed by atoms with E-state index in [0.29, 0.717) is 19.4 Å².